The number of nitrogens with one attached hydrogen (secondary N) is 1. The second kappa shape index (κ2) is 4.30. The lowest BCUT2D eigenvalue weighted by molar-refractivity contribution is -0.137. The van der Waals surface area contributed by atoms with Crippen molar-refractivity contribution >= 4 is 0 Å². The van der Waals surface area contributed by atoms with Crippen LogP contribution in [-0.4, -0.2) is 33.6 Å². The van der Waals surface area contributed by atoms with Crippen LogP contribution in [0.15, 0.2) is 12.4 Å². The topological polar surface area (TPSA) is 50.1 Å². The molecule has 0 unspecified atom stereocenters. The molecule has 0 bridgehead atoms. The van der Waals surface area contributed by atoms with Crippen molar-refractivity contribution in [2.24, 2.45) is 0 Å². The van der Waals surface area contributed by atoms with Crippen LogP contribution < -0.4 is 5.32 Å². The van der Waals surface area contributed by atoms with E-state index < -0.39 is 17.3 Å². The summed E-state index contributed by atoms with van der Waals surface area (Å²) >= 11 is 0. The maximum atomic E-state index is 12.3. The Balaban J connectivity index is 2.06. The quantitative estimate of drug-likeness (QED) is 0.822. The van der Waals surface area contributed by atoms with Crippen LogP contribution in [0.2, 0.25) is 0 Å². The third-order valence-corrected chi connectivity index (χ3v) is 2.95. The van der Waals surface area contributed by atoms with Crippen LogP contribution in [-0.2, 0) is 12.7 Å². The van der Waals surface area contributed by atoms with Crippen molar-refractivity contribution < 1.29 is 18.3 Å². The van der Waals surface area contributed by atoms with Crippen LogP contribution in [0.25, 0.3) is 0 Å². The molecule has 1 fully saturated rings. The van der Waals surface area contributed by atoms with Gasteiger partial charge in [-0.05, 0) is 25.9 Å². The summed E-state index contributed by atoms with van der Waals surface area (Å²) in [5.74, 6) is 0. The molecule has 0 spiro atoms. The number of aliphatic hydroxyl groups is 1. The number of hydrogen-bond donors (Lipinski definition) is 2. The SMILES string of the molecule is OC1(Cn2cc(C(F)(F)F)cn2)CCNCC1. The predicted molar refractivity (Wildman–Crippen MR) is 54.3 cm³/mol. The number of hydrogen-bond acceptors (Lipinski definition) is 3. The van der Waals surface area contributed by atoms with Gasteiger partial charge in [0.05, 0.1) is 23.9 Å². The molecule has 4 nitrogen and oxygen atoms in total. The highest BCUT2D eigenvalue weighted by atomic mass is 19.4. The lowest BCUT2D eigenvalue weighted by atomic mass is 9.92. The number of alkyl halides is 3. The first-order valence-electron chi connectivity index (χ1n) is 5.42. The molecular weight excluding hydrogens is 235 g/mol. The predicted octanol–water partition coefficient (Wildman–Crippen LogP) is 1.02. The van der Waals surface area contributed by atoms with Gasteiger partial charge in [-0.15, -0.1) is 0 Å². The van der Waals surface area contributed by atoms with Crippen LogP contribution in [0.4, 0.5) is 13.2 Å². The fourth-order valence-electron chi connectivity index (χ4n) is 1.95. The zero-order valence-corrected chi connectivity index (χ0v) is 9.17. The van der Waals surface area contributed by atoms with Gasteiger partial charge < -0.3 is 10.4 Å². The Labute approximate surface area is 96.4 Å². The van der Waals surface area contributed by atoms with Gasteiger partial charge in [0.25, 0.3) is 0 Å². The maximum Gasteiger partial charge on any atom is 0.419 e. The zero-order chi connectivity index (χ0) is 12.5. The summed E-state index contributed by atoms with van der Waals surface area (Å²) in [7, 11) is 0. The fourth-order valence-corrected chi connectivity index (χ4v) is 1.95. The van der Waals surface area contributed by atoms with Crippen molar-refractivity contribution in [3.63, 3.8) is 0 Å². The van der Waals surface area contributed by atoms with E-state index in [1.54, 1.807) is 0 Å². The summed E-state index contributed by atoms with van der Waals surface area (Å²) in [6, 6.07) is 0. The van der Waals surface area contributed by atoms with Crippen LogP contribution in [0.3, 0.4) is 0 Å². The fraction of sp³-hybridized carbons (Fsp3) is 0.700. The molecule has 0 atom stereocenters. The van der Waals surface area contributed by atoms with Crippen molar-refractivity contribution in [2.45, 2.75) is 31.2 Å². The largest absolute Gasteiger partial charge is 0.419 e. The van der Waals surface area contributed by atoms with Gasteiger partial charge in [-0.25, -0.2) is 0 Å². The Bertz CT molecular complexity index is 382. The number of piperidine rings is 1. The van der Waals surface area contributed by atoms with Crippen LogP contribution >= 0.6 is 0 Å². The van der Waals surface area contributed by atoms with Gasteiger partial charge in [-0.1, -0.05) is 0 Å². The van der Waals surface area contributed by atoms with E-state index in [2.05, 4.69) is 10.4 Å². The summed E-state index contributed by atoms with van der Waals surface area (Å²) in [4.78, 5) is 0. The zero-order valence-electron chi connectivity index (χ0n) is 9.17. The molecule has 2 heterocycles. The minimum absolute atomic E-state index is 0.102. The number of halogens is 3. The first kappa shape index (κ1) is 12.4. The highest BCUT2D eigenvalue weighted by Crippen LogP contribution is 2.29. The molecule has 17 heavy (non-hydrogen) atoms. The van der Waals surface area contributed by atoms with Crippen molar-refractivity contribution in [3.05, 3.63) is 18.0 Å². The highest BCUT2D eigenvalue weighted by molar-refractivity contribution is 5.08. The summed E-state index contributed by atoms with van der Waals surface area (Å²) in [6.45, 7) is 1.44. The number of nitrogens with zero attached hydrogens (tertiary/aromatic N) is 2. The van der Waals surface area contributed by atoms with Gasteiger partial charge in [-0.2, -0.15) is 18.3 Å². The van der Waals surface area contributed by atoms with E-state index in [1.165, 1.54) is 0 Å². The van der Waals surface area contributed by atoms with E-state index in [9.17, 15) is 18.3 Å². The smallest absolute Gasteiger partial charge is 0.388 e. The Morgan fingerprint density at radius 3 is 2.59 bits per heavy atom. The second-order valence-electron chi connectivity index (χ2n) is 4.40. The third kappa shape index (κ3) is 2.98. The van der Waals surface area contributed by atoms with Crippen molar-refractivity contribution in [1.82, 2.24) is 15.1 Å². The van der Waals surface area contributed by atoms with Gasteiger partial charge in [0, 0.05) is 6.20 Å². The van der Waals surface area contributed by atoms with Gasteiger partial charge in [0.2, 0.25) is 0 Å². The van der Waals surface area contributed by atoms with Crippen molar-refractivity contribution in [3.8, 4) is 0 Å². The monoisotopic (exact) mass is 249 g/mol. The molecule has 1 saturated heterocycles. The van der Waals surface area contributed by atoms with E-state index >= 15 is 0 Å². The van der Waals surface area contributed by atoms with Gasteiger partial charge >= 0.3 is 6.18 Å². The molecule has 1 aliphatic rings. The molecule has 0 aliphatic carbocycles. The van der Waals surface area contributed by atoms with Crippen LogP contribution in [0.1, 0.15) is 18.4 Å². The highest BCUT2D eigenvalue weighted by Gasteiger charge is 2.34. The van der Waals surface area contributed by atoms with E-state index in [1.807, 2.05) is 0 Å². The first-order valence-corrected chi connectivity index (χ1v) is 5.42. The molecule has 1 aromatic heterocycles. The Morgan fingerprint density at radius 1 is 1.41 bits per heavy atom. The minimum Gasteiger partial charge on any atom is -0.388 e. The Morgan fingerprint density at radius 2 is 2.06 bits per heavy atom. The number of aromatic nitrogens is 2. The molecule has 1 aromatic rings. The molecule has 0 amide bonds. The third-order valence-electron chi connectivity index (χ3n) is 2.95. The Hall–Kier alpha value is -1.08. The van der Waals surface area contributed by atoms with Gasteiger partial charge in [0.15, 0.2) is 0 Å². The lowest BCUT2D eigenvalue weighted by Gasteiger charge is -2.32. The molecule has 2 N–H and O–H groups in total. The van der Waals surface area contributed by atoms with Gasteiger partial charge in [0.1, 0.15) is 0 Å². The van der Waals surface area contributed by atoms with E-state index in [4.69, 9.17) is 0 Å². The molecule has 7 heteroatoms. The molecule has 1 aliphatic heterocycles. The standard InChI is InChI=1S/C10H14F3N3O/c11-10(12,13)8-5-15-16(6-8)7-9(17)1-3-14-4-2-9/h5-6,14,17H,1-4,7H2. The number of rotatable bonds is 2. The molecular formula is C10H14F3N3O. The summed E-state index contributed by atoms with van der Waals surface area (Å²) in [6.07, 6.45) is -1.62. The van der Waals surface area contributed by atoms with E-state index in [0.29, 0.717) is 25.9 Å². The lowest BCUT2D eigenvalue weighted by Crippen LogP contribution is -2.44. The summed E-state index contributed by atoms with van der Waals surface area (Å²) < 4.78 is 38.2. The first-order chi connectivity index (χ1) is 7.89. The average Bonchev–Trinajstić information content (AvgIpc) is 2.66. The van der Waals surface area contributed by atoms with Crippen molar-refractivity contribution in [2.75, 3.05) is 13.1 Å². The molecule has 0 aromatic carbocycles. The molecule has 0 radical (unpaired) electrons. The van der Waals surface area contributed by atoms with E-state index in [-0.39, 0.29) is 6.54 Å². The summed E-state index contributed by atoms with van der Waals surface area (Å²) in [5, 5.41) is 16.9. The second-order valence-corrected chi connectivity index (χ2v) is 4.40. The van der Waals surface area contributed by atoms with Crippen LogP contribution in [0.5, 0.6) is 0 Å². The molecule has 96 valence electrons. The normalized spacial score (nSPS) is 20.5. The van der Waals surface area contributed by atoms with Crippen molar-refractivity contribution in [1.29, 1.82) is 0 Å². The average molecular weight is 249 g/mol. The van der Waals surface area contributed by atoms with E-state index in [0.717, 1.165) is 17.1 Å². The van der Waals surface area contributed by atoms with Crippen LogP contribution in [0, 0.1) is 0 Å². The molecule has 2 rings (SSSR count). The summed E-state index contributed by atoms with van der Waals surface area (Å²) in [5.41, 5.74) is -1.74. The maximum absolute atomic E-state index is 12.3. The molecule has 0 saturated carbocycles. The van der Waals surface area contributed by atoms with Gasteiger partial charge in [-0.3, -0.25) is 4.68 Å². The minimum atomic E-state index is -4.38. The Kier molecular flexibility index (Phi) is 3.13.